The lowest BCUT2D eigenvalue weighted by Gasteiger charge is -2.18. The van der Waals surface area contributed by atoms with E-state index in [2.05, 4.69) is 10.6 Å². The fraction of sp³-hybridized carbons (Fsp3) is 0.400. The summed E-state index contributed by atoms with van der Waals surface area (Å²) in [6.07, 6.45) is 0.279. The zero-order valence-electron chi connectivity index (χ0n) is 12.4. The van der Waals surface area contributed by atoms with Crippen molar-refractivity contribution < 1.29 is 19.1 Å². The van der Waals surface area contributed by atoms with E-state index >= 15 is 0 Å². The number of carbonyl (C=O) groups is 3. The summed E-state index contributed by atoms with van der Waals surface area (Å²) in [7, 11) is 1.59. The molecule has 0 unspecified atom stereocenters. The number of urea groups is 1. The molecule has 1 fully saturated rings. The lowest BCUT2D eigenvalue weighted by molar-refractivity contribution is -0.145. The molecule has 2 N–H and O–H groups in total. The number of hydrogen-bond acceptors (Lipinski definition) is 4. The molecule has 118 valence electrons. The minimum atomic E-state index is -0.711. The number of nitrogens with one attached hydrogen (secondary N) is 2. The van der Waals surface area contributed by atoms with Crippen LogP contribution >= 0.6 is 0 Å². The van der Waals surface area contributed by atoms with E-state index in [1.165, 1.54) is 4.90 Å². The predicted octanol–water partition coefficient (Wildman–Crippen LogP) is 0.607. The van der Waals surface area contributed by atoms with Crippen LogP contribution in [0, 0.1) is 0 Å². The van der Waals surface area contributed by atoms with E-state index in [4.69, 9.17) is 4.74 Å². The molecule has 2 rings (SSSR count). The minimum Gasteiger partial charge on any atom is -0.461 e. The average Bonchev–Trinajstić information content (AvgIpc) is 2.65. The molecule has 0 radical (unpaired) electrons. The molecule has 1 aromatic carbocycles. The number of rotatable bonds is 5. The quantitative estimate of drug-likeness (QED) is 0.780. The van der Waals surface area contributed by atoms with Gasteiger partial charge in [0.15, 0.2) is 0 Å². The highest BCUT2D eigenvalue weighted by Gasteiger charge is 2.27. The Hall–Kier alpha value is -2.57. The van der Waals surface area contributed by atoms with Gasteiger partial charge in [-0.15, -0.1) is 0 Å². The van der Waals surface area contributed by atoms with Crippen LogP contribution in [0.25, 0.3) is 0 Å². The van der Waals surface area contributed by atoms with Crippen LogP contribution in [0.3, 0.4) is 0 Å². The molecule has 1 saturated heterocycles. The summed E-state index contributed by atoms with van der Waals surface area (Å²) in [5.74, 6) is -0.625. The first-order chi connectivity index (χ1) is 10.6. The third-order valence-electron chi connectivity index (χ3n) is 3.34. The van der Waals surface area contributed by atoms with Crippen molar-refractivity contribution >= 4 is 17.9 Å². The van der Waals surface area contributed by atoms with Crippen molar-refractivity contribution in [1.29, 1.82) is 0 Å². The molecule has 7 heteroatoms. The van der Waals surface area contributed by atoms with E-state index in [9.17, 15) is 14.4 Å². The van der Waals surface area contributed by atoms with E-state index in [0.717, 1.165) is 5.56 Å². The number of benzene rings is 1. The molecule has 7 nitrogen and oxygen atoms in total. The minimum absolute atomic E-state index is 0.0668. The van der Waals surface area contributed by atoms with Crippen molar-refractivity contribution in [3.8, 4) is 0 Å². The Morgan fingerprint density at radius 1 is 1.32 bits per heavy atom. The summed E-state index contributed by atoms with van der Waals surface area (Å²) in [4.78, 5) is 36.6. The summed E-state index contributed by atoms with van der Waals surface area (Å²) >= 11 is 0. The van der Waals surface area contributed by atoms with Crippen LogP contribution in [0.5, 0.6) is 0 Å². The van der Waals surface area contributed by atoms with Crippen molar-refractivity contribution in [2.24, 2.45) is 0 Å². The van der Waals surface area contributed by atoms with Crippen LogP contribution in [0.2, 0.25) is 0 Å². The maximum absolute atomic E-state index is 12.0. The molecule has 0 aromatic heterocycles. The fourth-order valence-electron chi connectivity index (χ4n) is 2.07. The summed E-state index contributed by atoms with van der Waals surface area (Å²) in [6, 6.07) is 8.22. The zero-order chi connectivity index (χ0) is 15.9. The summed E-state index contributed by atoms with van der Waals surface area (Å²) in [6.45, 7) is 0.353. The normalized spacial score (nSPS) is 18.2. The number of likely N-dealkylation sites (N-methyl/N-ethyl adjacent to an activating group) is 1. The van der Waals surface area contributed by atoms with E-state index in [1.54, 1.807) is 7.05 Å². The van der Waals surface area contributed by atoms with Gasteiger partial charge in [0.05, 0.1) is 6.67 Å². The molecular weight excluding hydrogens is 286 g/mol. The van der Waals surface area contributed by atoms with Crippen LogP contribution in [-0.4, -0.2) is 42.6 Å². The van der Waals surface area contributed by atoms with E-state index in [0.29, 0.717) is 0 Å². The van der Waals surface area contributed by atoms with Gasteiger partial charge in [-0.1, -0.05) is 30.3 Å². The second kappa shape index (κ2) is 7.44. The topological polar surface area (TPSA) is 87.7 Å². The number of hydrogen-bond donors (Lipinski definition) is 2. The second-order valence-corrected chi connectivity index (χ2v) is 5.08. The van der Waals surface area contributed by atoms with Crippen LogP contribution in [-0.2, 0) is 20.9 Å². The molecule has 0 spiro atoms. The molecule has 1 aromatic rings. The lowest BCUT2D eigenvalue weighted by Crippen LogP contribution is -2.43. The molecule has 1 heterocycles. The maximum atomic E-state index is 12.0. The van der Waals surface area contributed by atoms with Crippen LogP contribution in [0.4, 0.5) is 4.79 Å². The number of carbonyl (C=O) groups excluding carboxylic acids is 3. The molecule has 0 saturated carbocycles. The molecule has 0 aliphatic carbocycles. The largest absolute Gasteiger partial charge is 0.461 e. The fourth-order valence-corrected chi connectivity index (χ4v) is 2.07. The van der Waals surface area contributed by atoms with Crippen molar-refractivity contribution in [3.63, 3.8) is 0 Å². The van der Waals surface area contributed by atoms with Crippen LogP contribution in [0.15, 0.2) is 30.3 Å². The van der Waals surface area contributed by atoms with E-state index < -0.39 is 18.0 Å². The standard InChI is InChI=1S/C15H19N3O4/c1-18-10-16-15(21)17-12(14(18)20)7-8-13(19)22-9-11-5-3-2-4-6-11/h2-6,12H,7-10H2,1H3,(H2,16,17,21)/t12-/m0/s1. The summed E-state index contributed by atoms with van der Waals surface area (Å²) in [5, 5.41) is 5.07. The SMILES string of the molecule is CN1CNC(=O)N[C@@H](CCC(=O)OCc2ccccc2)C1=O. The number of nitrogens with zero attached hydrogens (tertiary/aromatic N) is 1. The van der Waals surface area contributed by atoms with Gasteiger partial charge < -0.3 is 20.3 Å². The van der Waals surface area contributed by atoms with Gasteiger partial charge in [0, 0.05) is 13.5 Å². The molecule has 3 amide bonds. The maximum Gasteiger partial charge on any atom is 0.316 e. The van der Waals surface area contributed by atoms with Gasteiger partial charge in [-0.05, 0) is 12.0 Å². The molecular formula is C15H19N3O4. The van der Waals surface area contributed by atoms with Gasteiger partial charge in [0.1, 0.15) is 12.6 Å². The third-order valence-corrected chi connectivity index (χ3v) is 3.34. The summed E-state index contributed by atoms with van der Waals surface area (Å²) < 4.78 is 5.15. The highest BCUT2D eigenvalue weighted by molar-refractivity contribution is 5.89. The Kier molecular flexibility index (Phi) is 5.35. The Balaban J connectivity index is 1.79. The van der Waals surface area contributed by atoms with Crippen molar-refractivity contribution in [2.75, 3.05) is 13.7 Å². The first-order valence-corrected chi connectivity index (χ1v) is 7.05. The molecule has 22 heavy (non-hydrogen) atoms. The predicted molar refractivity (Wildman–Crippen MR) is 78.6 cm³/mol. The Morgan fingerprint density at radius 2 is 2.05 bits per heavy atom. The van der Waals surface area contributed by atoms with Gasteiger partial charge in [-0.3, -0.25) is 9.59 Å². The van der Waals surface area contributed by atoms with Crippen LogP contribution in [0.1, 0.15) is 18.4 Å². The van der Waals surface area contributed by atoms with Gasteiger partial charge in [-0.2, -0.15) is 0 Å². The molecule has 1 atom stereocenters. The van der Waals surface area contributed by atoms with Gasteiger partial charge in [0.2, 0.25) is 5.91 Å². The molecule has 0 bridgehead atoms. The van der Waals surface area contributed by atoms with Gasteiger partial charge in [0.25, 0.3) is 0 Å². The van der Waals surface area contributed by atoms with Gasteiger partial charge in [-0.25, -0.2) is 4.79 Å². The summed E-state index contributed by atoms with van der Waals surface area (Å²) in [5.41, 5.74) is 0.902. The van der Waals surface area contributed by atoms with Gasteiger partial charge >= 0.3 is 12.0 Å². The number of ether oxygens (including phenoxy) is 1. The Morgan fingerprint density at radius 3 is 2.77 bits per heavy atom. The van der Waals surface area contributed by atoms with E-state index in [1.807, 2.05) is 30.3 Å². The highest BCUT2D eigenvalue weighted by Crippen LogP contribution is 2.07. The number of esters is 1. The second-order valence-electron chi connectivity index (χ2n) is 5.08. The Bertz CT molecular complexity index is 547. The number of amides is 3. The Labute approximate surface area is 128 Å². The smallest absolute Gasteiger partial charge is 0.316 e. The zero-order valence-corrected chi connectivity index (χ0v) is 12.4. The van der Waals surface area contributed by atoms with Crippen molar-refractivity contribution in [3.05, 3.63) is 35.9 Å². The van der Waals surface area contributed by atoms with Crippen molar-refractivity contribution in [2.45, 2.75) is 25.5 Å². The lowest BCUT2D eigenvalue weighted by atomic mass is 10.1. The van der Waals surface area contributed by atoms with Crippen molar-refractivity contribution in [1.82, 2.24) is 15.5 Å². The third kappa shape index (κ3) is 4.47. The first kappa shape index (κ1) is 15.8. The molecule has 1 aliphatic rings. The van der Waals surface area contributed by atoms with Crippen LogP contribution < -0.4 is 10.6 Å². The monoisotopic (exact) mass is 305 g/mol. The first-order valence-electron chi connectivity index (χ1n) is 7.05. The molecule has 1 aliphatic heterocycles. The average molecular weight is 305 g/mol. The van der Waals surface area contributed by atoms with E-state index in [-0.39, 0.29) is 32.0 Å². The highest BCUT2D eigenvalue weighted by atomic mass is 16.5.